The van der Waals surface area contributed by atoms with Gasteiger partial charge in [0.15, 0.2) is 0 Å². The van der Waals surface area contributed by atoms with Crippen LogP contribution in [0.4, 0.5) is 0 Å². The first-order valence-electron chi connectivity index (χ1n) is 4.05. The molecule has 1 aromatic rings. The van der Waals surface area contributed by atoms with Crippen molar-refractivity contribution in [2.45, 2.75) is 13.8 Å². The van der Waals surface area contributed by atoms with E-state index in [4.69, 9.17) is 4.74 Å². The Labute approximate surface area is 73.7 Å². The topological polar surface area (TPSA) is 9.23 Å². The largest absolute Gasteiger partial charge is 0.496 e. The number of ether oxygens (including phenoxy) is 1. The summed E-state index contributed by atoms with van der Waals surface area (Å²) in [5, 5.41) is 0. The van der Waals surface area contributed by atoms with Crippen LogP contribution >= 0.6 is 0 Å². The molecule has 0 aliphatic carbocycles. The highest BCUT2D eigenvalue weighted by Gasteiger charge is 1.97. The number of hydrogen-bond acceptors (Lipinski definition) is 1. The monoisotopic (exact) mass is 162 g/mol. The maximum Gasteiger partial charge on any atom is 0.126 e. The first-order valence-corrected chi connectivity index (χ1v) is 4.05. The van der Waals surface area contributed by atoms with Gasteiger partial charge in [0.2, 0.25) is 0 Å². The molecule has 0 fully saturated rings. The molecule has 0 aliphatic heterocycles. The predicted octanol–water partition coefficient (Wildman–Crippen LogP) is 3.04. The summed E-state index contributed by atoms with van der Waals surface area (Å²) < 4.78 is 5.23. The number of allylic oxidation sites excluding steroid dienone is 1. The van der Waals surface area contributed by atoms with E-state index in [-0.39, 0.29) is 0 Å². The molecule has 0 radical (unpaired) electrons. The lowest BCUT2D eigenvalue weighted by molar-refractivity contribution is 0.413. The Balaban J connectivity index is 3.10. The lowest BCUT2D eigenvalue weighted by Crippen LogP contribution is -1.87. The van der Waals surface area contributed by atoms with Crippen LogP contribution in [-0.4, -0.2) is 7.11 Å². The van der Waals surface area contributed by atoms with Crippen molar-refractivity contribution in [2.24, 2.45) is 0 Å². The fourth-order valence-corrected chi connectivity index (χ4v) is 1.14. The van der Waals surface area contributed by atoms with Crippen molar-refractivity contribution in [3.8, 4) is 5.75 Å². The van der Waals surface area contributed by atoms with E-state index in [0.717, 1.165) is 11.3 Å². The average molecular weight is 162 g/mol. The van der Waals surface area contributed by atoms with Gasteiger partial charge in [0.05, 0.1) is 7.11 Å². The van der Waals surface area contributed by atoms with E-state index in [2.05, 4.69) is 19.1 Å². The molecule has 0 aromatic heterocycles. The van der Waals surface area contributed by atoms with Crippen molar-refractivity contribution in [3.05, 3.63) is 35.4 Å². The minimum absolute atomic E-state index is 0.938. The Morgan fingerprint density at radius 3 is 2.67 bits per heavy atom. The second-order valence-electron chi connectivity index (χ2n) is 2.75. The van der Waals surface area contributed by atoms with Crippen LogP contribution in [0, 0.1) is 6.92 Å². The van der Waals surface area contributed by atoms with E-state index in [1.54, 1.807) is 7.11 Å². The highest BCUT2D eigenvalue weighted by molar-refractivity contribution is 5.57. The van der Waals surface area contributed by atoms with Crippen molar-refractivity contribution >= 4 is 6.08 Å². The lowest BCUT2D eigenvalue weighted by Gasteiger charge is -2.04. The van der Waals surface area contributed by atoms with Crippen LogP contribution in [0.3, 0.4) is 0 Å². The maximum absolute atomic E-state index is 5.23. The zero-order valence-corrected chi connectivity index (χ0v) is 7.79. The molecule has 0 aliphatic rings. The van der Waals surface area contributed by atoms with Gasteiger partial charge in [0.25, 0.3) is 0 Å². The van der Waals surface area contributed by atoms with Gasteiger partial charge in [-0.05, 0) is 25.5 Å². The summed E-state index contributed by atoms with van der Waals surface area (Å²) in [7, 11) is 1.70. The Bertz CT molecular complexity index is 287. The van der Waals surface area contributed by atoms with Gasteiger partial charge in [0.1, 0.15) is 5.75 Å². The zero-order chi connectivity index (χ0) is 8.97. The molecule has 0 spiro atoms. The second-order valence-corrected chi connectivity index (χ2v) is 2.75. The summed E-state index contributed by atoms with van der Waals surface area (Å²) in [6.45, 7) is 4.06. The number of hydrogen-bond donors (Lipinski definition) is 0. The van der Waals surface area contributed by atoms with Crippen LogP contribution < -0.4 is 4.74 Å². The van der Waals surface area contributed by atoms with Crippen LogP contribution in [-0.2, 0) is 0 Å². The van der Waals surface area contributed by atoms with Gasteiger partial charge in [0, 0.05) is 5.56 Å². The highest BCUT2D eigenvalue weighted by atomic mass is 16.5. The van der Waals surface area contributed by atoms with E-state index < -0.39 is 0 Å². The van der Waals surface area contributed by atoms with Crippen molar-refractivity contribution in [1.29, 1.82) is 0 Å². The highest BCUT2D eigenvalue weighted by Crippen LogP contribution is 2.20. The summed E-state index contributed by atoms with van der Waals surface area (Å²) in [4.78, 5) is 0. The molecule has 64 valence electrons. The molecule has 0 N–H and O–H groups in total. The van der Waals surface area contributed by atoms with E-state index in [0.29, 0.717) is 0 Å². The fraction of sp³-hybridized carbons (Fsp3) is 0.273. The van der Waals surface area contributed by atoms with Crippen LogP contribution in [0.1, 0.15) is 18.1 Å². The third kappa shape index (κ3) is 1.88. The quantitative estimate of drug-likeness (QED) is 0.649. The Morgan fingerprint density at radius 1 is 1.33 bits per heavy atom. The minimum atomic E-state index is 0.938. The molecule has 1 rings (SSSR count). The third-order valence-electron chi connectivity index (χ3n) is 1.74. The molecular formula is C11H14O. The van der Waals surface area contributed by atoms with E-state index in [9.17, 15) is 0 Å². The summed E-state index contributed by atoms with van der Waals surface area (Å²) >= 11 is 0. The average Bonchev–Trinajstić information content (AvgIpc) is 2.08. The van der Waals surface area contributed by atoms with Gasteiger partial charge in [-0.15, -0.1) is 0 Å². The first-order chi connectivity index (χ1) is 5.77. The van der Waals surface area contributed by atoms with Crippen LogP contribution in [0.15, 0.2) is 24.3 Å². The van der Waals surface area contributed by atoms with E-state index in [1.165, 1.54) is 5.56 Å². The molecule has 1 nitrogen and oxygen atoms in total. The lowest BCUT2D eigenvalue weighted by atomic mass is 10.1. The Morgan fingerprint density at radius 2 is 2.08 bits per heavy atom. The molecule has 0 bridgehead atoms. The molecule has 0 saturated carbocycles. The molecular weight excluding hydrogens is 148 g/mol. The second kappa shape index (κ2) is 3.96. The summed E-state index contributed by atoms with van der Waals surface area (Å²) in [6.07, 6.45) is 4.05. The molecule has 1 heteroatoms. The maximum atomic E-state index is 5.23. The van der Waals surface area contributed by atoms with Gasteiger partial charge in [-0.25, -0.2) is 0 Å². The zero-order valence-electron chi connectivity index (χ0n) is 7.79. The first kappa shape index (κ1) is 8.85. The van der Waals surface area contributed by atoms with Gasteiger partial charge in [-0.2, -0.15) is 0 Å². The minimum Gasteiger partial charge on any atom is -0.496 e. The molecule has 0 unspecified atom stereocenters. The number of methoxy groups -OCH3 is 1. The number of aryl methyl sites for hydroxylation is 1. The van der Waals surface area contributed by atoms with Crippen molar-refractivity contribution in [3.63, 3.8) is 0 Å². The predicted molar refractivity (Wildman–Crippen MR) is 52.4 cm³/mol. The Hall–Kier alpha value is -1.24. The fourth-order valence-electron chi connectivity index (χ4n) is 1.14. The Kier molecular flexibility index (Phi) is 2.92. The molecule has 12 heavy (non-hydrogen) atoms. The van der Waals surface area contributed by atoms with E-state index >= 15 is 0 Å². The van der Waals surface area contributed by atoms with Gasteiger partial charge in [-0.3, -0.25) is 0 Å². The van der Waals surface area contributed by atoms with Crippen LogP contribution in [0.2, 0.25) is 0 Å². The SMILES string of the molecule is CC=Cc1ccc(C)cc1OC. The van der Waals surface area contributed by atoms with Crippen LogP contribution in [0.25, 0.3) is 6.08 Å². The van der Waals surface area contributed by atoms with Gasteiger partial charge < -0.3 is 4.74 Å². The van der Waals surface area contributed by atoms with Gasteiger partial charge >= 0.3 is 0 Å². The molecule has 0 atom stereocenters. The van der Waals surface area contributed by atoms with Crippen molar-refractivity contribution in [2.75, 3.05) is 7.11 Å². The third-order valence-corrected chi connectivity index (χ3v) is 1.74. The van der Waals surface area contributed by atoms with Gasteiger partial charge in [-0.1, -0.05) is 24.3 Å². The summed E-state index contributed by atoms with van der Waals surface area (Å²) in [5.74, 6) is 0.938. The number of benzene rings is 1. The van der Waals surface area contributed by atoms with Crippen molar-refractivity contribution in [1.82, 2.24) is 0 Å². The number of rotatable bonds is 2. The molecule has 1 aromatic carbocycles. The summed E-state index contributed by atoms with van der Waals surface area (Å²) in [6, 6.07) is 6.18. The smallest absolute Gasteiger partial charge is 0.126 e. The standard InChI is InChI=1S/C11H14O/c1-4-5-10-7-6-9(2)8-11(10)12-3/h4-8H,1-3H3. The summed E-state index contributed by atoms with van der Waals surface area (Å²) in [5.41, 5.74) is 2.35. The molecule has 0 saturated heterocycles. The molecule has 0 amide bonds. The molecule has 0 heterocycles. The normalized spacial score (nSPS) is 10.6. The van der Waals surface area contributed by atoms with Crippen LogP contribution in [0.5, 0.6) is 5.75 Å². The van der Waals surface area contributed by atoms with E-state index in [1.807, 2.05) is 25.1 Å². The van der Waals surface area contributed by atoms with Crippen molar-refractivity contribution < 1.29 is 4.74 Å².